The van der Waals surface area contributed by atoms with Crippen LogP contribution in [0, 0.1) is 45.3 Å². The van der Waals surface area contributed by atoms with Crippen molar-refractivity contribution in [1.29, 1.82) is 0 Å². The minimum atomic E-state index is -1.61. The SMILES string of the molecule is C=C(C)[C@H](O)CC[C@](C)(O[C@@H]1O[C@H](CO)[C@@H](O)[C@H](O)[C@H]1O)[C@H]1CC[C@]2(C)C1[C@H](O)C[C@@H]1[C@@]3(C)CC[C@H](O[C@@H]4O[C@H](CO)[C@@H](O)[C@H](O)[C@H]4O)C(C)(C)C3CC[C@]12C. The van der Waals surface area contributed by atoms with Crippen molar-refractivity contribution < 1.29 is 70.0 Å². The van der Waals surface area contributed by atoms with E-state index in [0.29, 0.717) is 37.7 Å². The standard InChI is InChI=1S/C42H72O14/c1-20(2)22(45)10-16-42(8,56-37-35(52)33(50)31(48)25(19-44)54-37)21-9-14-41(7)29(21)23(46)17-27-39(5)13-12-28(38(3,4)26(39)11-15-40(27,41)6)55-36-34(51)32(49)30(47)24(18-43)53-36/h21-37,43-52H,1,9-19H2,2-8H3/t21-,22+,23+,24+,25+,26?,27+,28-,29?,30+,31+,32-,33-,34+,35+,36-,37-,39-,40+,41+,42-/m0/s1. The third-order valence-electron chi connectivity index (χ3n) is 17.0. The molecule has 6 rings (SSSR count). The Morgan fingerprint density at radius 3 is 1.88 bits per heavy atom. The summed E-state index contributed by atoms with van der Waals surface area (Å²) in [4.78, 5) is 0. The molecule has 14 nitrogen and oxygen atoms in total. The van der Waals surface area contributed by atoms with Crippen molar-refractivity contribution in [3.05, 3.63) is 12.2 Å². The van der Waals surface area contributed by atoms with E-state index in [9.17, 15) is 51.1 Å². The molecule has 4 aliphatic carbocycles. The van der Waals surface area contributed by atoms with Gasteiger partial charge in [0.2, 0.25) is 0 Å². The lowest BCUT2D eigenvalue weighted by Gasteiger charge is -2.71. The quantitative estimate of drug-likeness (QED) is 0.104. The topological polar surface area (TPSA) is 239 Å². The van der Waals surface area contributed by atoms with Crippen molar-refractivity contribution in [2.45, 2.75) is 192 Å². The van der Waals surface area contributed by atoms with Crippen molar-refractivity contribution in [2.75, 3.05) is 13.2 Å². The highest BCUT2D eigenvalue weighted by Gasteiger charge is 2.72. The third-order valence-corrected chi connectivity index (χ3v) is 17.0. The predicted octanol–water partition coefficient (Wildman–Crippen LogP) is 1.12. The molecule has 0 aromatic carbocycles. The first-order valence-corrected chi connectivity index (χ1v) is 21.0. The van der Waals surface area contributed by atoms with E-state index in [2.05, 4.69) is 41.2 Å². The molecule has 324 valence electrons. The molecule has 0 bridgehead atoms. The lowest BCUT2D eigenvalue weighted by Crippen LogP contribution is -2.67. The van der Waals surface area contributed by atoms with Gasteiger partial charge in [-0.05, 0) is 117 Å². The third kappa shape index (κ3) is 7.06. The van der Waals surface area contributed by atoms with Gasteiger partial charge < -0.3 is 70.0 Å². The number of ether oxygens (including phenoxy) is 4. The fourth-order valence-electron chi connectivity index (χ4n) is 13.4. The Morgan fingerprint density at radius 1 is 0.750 bits per heavy atom. The highest BCUT2D eigenvalue weighted by atomic mass is 16.7. The summed E-state index contributed by atoms with van der Waals surface area (Å²) in [7, 11) is 0. The summed E-state index contributed by atoms with van der Waals surface area (Å²) in [6, 6.07) is 0. The van der Waals surface area contributed by atoms with E-state index in [0.717, 1.165) is 25.7 Å². The van der Waals surface area contributed by atoms with Crippen molar-refractivity contribution in [2.24, 2.45) is 45.3 Å². The molecule has 14 heteroatoms. The van der Waals surface area contributed by atoms with E-state index in [-0.39, 0.29) is 46.0 Å². The molecule has 6 fully saturated rings. The van der Waals surface area contributed by atoms with Gasteiger partial charge in [-0.2, -0.15) is 0 Å². The smallest absolute Gasteiger partial charge is 0.187 e. The van der Waals surface area contributed by atoms with Gasteiger partial charge in [-0.15, -0.1) is 0 Å². The lowest BCUT2D eigenvalue weighted by molar-refractivity contribution is -0.338. The summed E-state index contributed by atoms with van der Waals surface area (Å²) in [5.74, 6) is -0.0991. The predicted molar refractivity (Wildman–Crippen MR) is 202 cm³/mol. The maximum Gasteiger partial charge on any atom is 0.187 e. The molecule has 2 aliphatic heterocycles. The zero-order chi connectivity index (χ0) is 41.5. The van der Waals surface area contributed by atoms with Gasteiger partial charge in [-0.25, -0.2) is 0 Å². The van der Waals surface area contributed by atoms with Crippen LogP contribution in [0.2, 0.25) is 0 Å². The molecule has 2 heterocycles. The van der Waals surface area contributed by atoms with E-state index < -0.39 is 97.8 Å². The van der Waals surface area contributed by atoms with Crippen LogP contribution in [0.5, 0.6) is 0 Å². The van der Waals surface area contributed by atoms with Gasteiger partial charge in [0, 0.05) is 0 Å². The average Bonchev–Trinajstić information content (AvgIpc) is 3.53. The van der Waals surface area contributed by atoms with Crippen LogP contribution in [-0.4, -0.2) is 150 Å². The molecule has 6 aliphatic rings. The molecule has 4 saturated carbocycles. The number of aliphatic hydroxyl groups excluding tert-OH is 10. The molecule has 0 aromatic heterocycles. The normalized spacial score (nSPS) is 51.9. The van der Waals surface area contributed by atoms with E-state index >= 15 is 0 Å². The molecule has 0 radical (unpaired) electrons. The Kier molecular flexibility index (Phi) is 12.7. The second kappa shape index (κ2) is 15.9. The summed E-state index contributed by atoms with van der Waals surface area (Å²) in [5.41, 5.74) is -1.53. The Labute approximate surface area is 331 Å². The van der Waals surface area contributed by atoms with Gasteiger partial charge in [-0.1, -0.05) is 46.8 Å². The Morgan fingerprint density at radius 2 is 1.30 bits per heavy atom. The van der Waals surface area contributed by atoms with E-state index in [1.54, 1.807) is 6.92 Å². The summed E-state index contributed by atoms with van der Waals surface area (Å²) < 4.78 is 24.8. The molecular weight excluding hydrogens is 728 g/mol. The van der Waals surface area contributed by atoms with Gasteiger partial charge >= 0.3 is 0 Å². The van der Waals surface area contributed by atoms with Crippen LogP contribution in [0.25, 0.3) is 0 Å². The Bertz CT molecular complexity index is 1390. The summed E-state index contributed by atoms with van der Waals surface area (Å²) >= 11 is 0. The minimum Gasteiger partial charge on any atom is -0.394 e. The Hall–Kier alpha value is -0.820. The number of rotatable bonds is 11. The minimum absolute atomic E-state index is 0.152. The number of aliphatic hydroxyl groups is 10. The maximum absolute atomic E-state index is 12.5. The molecule has 56 heavy (non-hydrogen) atoms. The second-order valence-electron chi connectivity index (χ2n) is 20.2. The van der Waals surface area contributed by atoms with Crippen LogP contribution in [-0.2, 0) is 18.9 Å². The van der Waals surface area contributed by atoms with Crippen LogP contribution in [0.4, 0.5) is 0 Å². The zero-order valence-electron chi connectivity index (χ0n) is 34.4. The van der Waals surface area contributed by atoms with Crippen molar-refractivity contribution in [1.82, 2.24) is 0 Å². The van der Waals surface area contributed by atoms with Crippen molar-refractivity contribution >= 4 is 0 Å². The molecule has 0 amide bonds. The molecule has 2 saturated heterocycles. The summed E-state index contributed by atoms with van der Waals surface area (Å²) in [5, 5.41) is 107. The first kappa shape index (κ1) is 44.7. The fraction of sp³-hybridized carbons (Fsp3) is 0.952. The van der Waals surface area contributed by atoms with Crippen LogP contribution < -0.4 is 0 Å². The molecular formula is C42H72O14. The van der Waals surface area contributed by atoms with Crippen LogP contribution in [0.3, 0.4) is 0 Å². The highest BCUT2D eigenvalue weighted by molar-refractivity contribution is 5.20. The molecule has 2 unspecified atom stereocenters. The Balaban J connectivity index is 1.27. The van der Waals surface area contributed by atoms with Gasteiger partial charge in [-0.3, -0.25) is 0 Å². The second-order valence-corrected chi connectivity index (χ2v) is 20.2. The summed E-state index contributed by atoms with van der Waals surface area (Å²) in [6.45, 7) is 17.9. The summed E-state index contributed by atoms with van der Waals surface area (Å²) in [6.07, 6.45) is -9.84. The van der Waals surface area contributed by atoms with E-state index in [1.165, 1.54) is 0 Å². The van der Waals surface area contributed by atoms with Crippen LogP contribution in [0.1, 0.15) is 106 Å². The first-order valence-electron chi connectivity index (χ1n) is 21.0. The van der Waals surface area contributed by atoms with Crippen molar-refractivity contribution in [3.8, 4) is 0 Å². The first-order chi connectivity index (χ1) is 26.0. The van der Waals surface area contributed by atoms with Crippen molar-refractivity contribution in [3.63, 3.8) is 0 Å². The highest BCUT2D eigenvalue weighted by Crippen LogP contribution is 2.76. The maximum atomic E-state index is 12.5. The number of hydrogen-bond acceptors (Lipinski definition) is 14. The lowest BCUT2D eigenvalue weighted by atomic mass is 9.35. The fourth-order valence-corrected chi connectivity index (χ4v) is 13.4. The monoisotopic (exact) mass is 800 g/mol. The molecule has 0 spiro atoms. The molecule has 21 atom stereocenters. The number of fused-ring (bicyclic) bond motifs is 5. The van der Waals surface area contributed by atoms with E-state index in [4.69, 9.17) is 18.9 Å². The van der Waals surface area contributed by atoms with Gasteiger partial charge in [0.25, 0.3) is 0 Å². The average molecular weight is 801 g/mol. The van der Waals surface area contributed by atoms with Gasteiger partial charge in [0.15, 0.2) is 12.6 Å². The number of hydrogen-bond donors (Lipinski definition) is 10. The zero-order valence-corrected chi connectivity index (χ0v) is 34.4. The largest absolute Gasteiger partial charge is 0.394 e. The molecule has 0 aromatic rings. The molecule has 10 N–H and O–H groups in total. The van der Waals surface area contributed by atoms with Gasteiger partial charge in [0.1, 0.15) is 48.8 Å². The van der Waals surface area contributed by atoms with Gasteiger partial charge in [0.05, 0.1) is 37.1 Å². The van der Waals surface area contributed by atoms with Crippen LogP contribution in [0.15, 0.2) is 12.2 Å². The van der Waals surface area contributed by atoms with Crippen LogP contribution >= 0.6 is 0 Å². The van der Waals surface area contributed by atoms with E-state index in [1.807, 2.05) is 6.92 Å².